The van der Waals surface area contributed by atoms with Gasteiger partial charge in [0, 0.05) is 28.4 Å². The summed E-state index contributed by atoms with van der Waals surface area (Å²) in [4.78, 5) is 0.189. The summed E-state index contributed by atoms with van der Waals surface area (Å²) >= 11 is 0. The molecule has 138 valence electrons. The van der Waals surface area contributed by atoms with Crippen molar-refractivity contribution in [3.05, 3.63) is 78.9 Å². The number of aromatic nitrogens is 1. The van der Waals surface area contributed by atoms with E-state index in [1.54, 1.807) is 18.2 Å². The van der Waals surface area contributed by atoms with Gasteiger partial charge in [-0.05, 0) is 24.3 Å². The molecule has 0 aliphatic rings. The van der Waals surface area contributed by atoms with Crippen LogP contribution in [-0.2, 0) is 16.6 Å². The minimum atomic E-state index is -3.64. The van der Waals surface area contributed by atoms with Crippen molar-refractivity contribution in [2.45, 2.75) is 17.5 Å². The molecule has 27 heavy (non-hydrogen) atoms. The third kappa shape index (κ3) is 3.47. The zero-order valence-corrected chi connectivity index (χ0v) is 15.4. The summed E-state index contributed by atoms with van der Waals surface area (Å²) in [6, 6.07) is 24.2. The molecule has 0 fully saturated rings. The summed E-state index contributed by atoms with van der Waals surface area (Å²) in [6.45, 7) is 0.239. The molecule has 4 aromatic rings. The van der Waals surface area contributed by atoms with Gasteiger partial charge in [0.15, 0.2) is 0 Å². The summed E-state index contributed by atoms with van der Waals surface area (Å²) in [6.07, 6.45) is -0.859. The number of hydrogen-bond donors (Lipinski definition) is 2. The number of hydrogen-bond acceptors (Lipinski definition) is 3. The van der Waals surface area contributed by atoms with Crippen molar-refractivity contribution in [1.29, 1.82) is 0 Å². The van der Waals surface area contributed by atoms with Gasteiger partial charge < -0.3 is 9.67 Å². The van der Waals surface area contributed by atoms with Gasteiger partial charge in [-0.2, -0.15) is 0 Å². The average molecular weight is 380 g/mol. The van der Waals surface area contributed by atoms with Crippen LogP contribution in [0.4, 0.5) is 0 Å². The van der Waals surface area contributed by atoms with Crippen molar-refractivity contribution >= 4 is 31.8 Å². The van der Waals surface area contributed by atoms with E-state index in [-0.39, 0.29) is 11.4 Å². The highest BCUT2D eigenvalue weighted by Gasteiger charge is 2.17. The van der Waals surface area contributed by atoms with Crippen LogP contribution >= 0.6 is 0 Å². The van der Waals surface area contributed by atoms with Crippen molar-refractivity contribution in [3.8, 4) is 0 Å². The lowest BCUT2D eigenvalue weighted by Gasteiger charge is -2.15. The Morgan fingerprint density at radius 3 is 1.93 bits per heavy atom. The molecule has 0 spiro atoms. The molecule has 0 aliphatic heterocycles. The number of para-hydroxylation sites is 2. The molecular weight excluding hydrogens is 360 g/mol. The average Bonchev–Trinajstić information content (AvgIpc) is 3.01. The minimum Gasteiger partial charge on any atom is -0.390 e. The van der Waals surface area contributed by atoms with Crippen molar-refractivity contribution in [1.82, 2.24) is 9.29 Å². The van der Waals surface area contributed by atoms with E-state index in [1.807, 2.05) is 41.0 Å². The molecule has 1 heterocycles. The van der Waals surface area contributed by atoms with Crippen LogP contribution < -0.4 is 4.72 Å². The van der Waals surface area contributed by atoms with Gasteiger partial charge >= 0.3 is 0 Å². The van der Waals surface area contributed by atoms with E-state index in [0.29, 0.717) is 6.54 Å². The largest absolute Gasteiger partial charge is 0.390 e. The van der Waals surface area contributed by atoms with Gasteiger partial charge in [0.05, 0.1) is 17.5 Å². The third-order valence-corrected chi connectivity index (χ3v) is 6.08. The SMILES string of the molecule is O=S(=O)(NC[C@@H](O)Cn1c2ccccc2c2ccccc21)c1ccccc1. The lowest BCUT2D eigenvalue weighted by Crippen LogP contribution is -2.34. The number of aliphatic hydroxyl groups excluding tert-OH is 1. The molecular formula is C21H20N2O3S. The Morgan fingerprint density at radius 2 is 1.33 bits per heavy atom. The van der Waals surface area contributed by atoms with Gasteiger partial charge in [-0.1, -0.05) is 54.6 Å². The van der Waals surface area contributed by atoms with Crippen LogP contribution in [-0.4, -0.2) is 30.7 Å². The van der Waals surface area contributed by atoms with E-state index in [0.717, 1.165) is 21.8 Å². The third-order valence-electron chi connectivity index (χ3n) is 4.64. The zero-order valence-electron chi connectivity index (χ0n) is 14.6. The second-order valence-electron chi connectivity index (χ2n) is 6.46. The zero-order chi connectivity index (χ0) is 18.9. The fourth-order valence-corrected chi connectivity index (χ4v) is 4.46. The lowest BCUT2D eigenvalue weighted by atomic mass is 10.2. The van der Waals surface area contributed by atoms with Crippen molar-refractivity contribution in [2.24, 2.45) is 0 Å². The van der Waals surface area contributed by atoms with E-state index in [9.17, 15) is 13.5 Å². The van der Waals surface area contributed by atoms with Gasteiger partial charge in [0.25, 0.3) is 0 Å². The van der Waals surface area contributed by atoms with Gasteiger partial charge in [-0.3, -0.25) is 0 Å². The predicted molar refractivity (Wildman–Crippen MR) is 107 cm³/mol. The first kappa shape index (κ1) is 17.7. The van der Waals surface area contributed by atoms with Crippen LogP contribution in [0.3, 0.4) is 0 Å². The van der Waals surface area contributed by atoms with Crippen LogP contribution in [0.15, 0.2) is 83.8 Å². The first-order valence-electron chi connectivity index (χ1n) is 8.75. The first-order chi connectivity index (χ1) is 13.1. The first-order valence-corrected chi connectivity index (χ1v) is 10.2. The highest BCUT2D eigenvalue weighted by Crippen LogP contribution is 2.28. The molecule has 0 aliphatic carbocycles. The topological polar surface area (TPSA) is 71.3 Å². The fraction of sp³-hybridized carbons (Fsp3) is 0.143. The minimum absolute atomic E-state index is 0.0575. The number of fused-ring (bicyclic) bond motifs is 3. The molecule has 0 saturated carbocycles. The molecule has 0 unspecified atom stereocenters. The smallest absolute Gasteiger partial charge is 0.240 e. The summed E-state index contributed by atoms with van der Waals surface area (Å²) < 4.78 is 29.2. The highest BCUT2D eigenvalue weighted by molar-refractivity contribution is 7.89. The Bertz CT molecular complexity index is 1130. The molecule has 0 amide bonds. The van der Waals surface area contributed by atoms with Crippen molar-refractivity contribution in [3.63, 3.8) is 0 Å². The van der Waals surface area contributed by atoms with E-state index in [2.05, 4.69) is 16.9 Å². The molecule has 4 rings (SSSR count). The molecule has 0 bridgehead atoms. The van der Waals surface area contributed by atoms with Gasteiger partial charge in [0.2, 0.25) is 10.0 Å². The molecule has 1 aromatic heterocycles. The maximum Gasteiger partial charge on any atom is 0.240 e. The number of nitrogens with zero attached hydrogens (tertiary/aromatic N) is 1. The highest BCUT2D eigenvalue weighted by atomic mass is 32.2. The van der Waals surface area contributed by atoms with Gasteiger partial charge in [-0.25, -0.2) is 13.1 Å². The number of nitrogens with one attached hydrogen (secondary N) is 1. The molecule has 2 N–H and O–H groups in total. The number of sulfonamides is 1. The molecule has 3 aromatic carbocycles. The molecule has 1 atom stereocenters. The Morgan fingerprint density at radius 1 is 0.815 bits per heavy atom. The Kier molecular flexibility index (Phi) is 4.70. The van der Waals surface area contributed by atoms with Crippen LogP contribution in [0.1, 0.15) is 0 Å². The quantitative estimate of drug-likeness (QED) is 0.540. The van der Waals surface area contributed by atoms with Crippen molar-refractivity contribution < 1.29 is 13.5 Å². The predicted octanol–water partition coefficient (Wildman–Crippen LogP) is 3.13. The molecule has 0 saturated heterocycles. The molecule has 5 nitrogen and oxygen atoms in total. The van der Waals surface area contributed by atoms with Crippen molar-refractivity contribution in [2.75, 3.05) is 6.54 Å². The fourth-order valence-electron chi connectivity index (χ4n) is 3.36. The van der Waals surface area contributed by atoms with Crippen LogP contribution in [0.5, 0.6) is 0 Å². The maximum absolute atomic E-state index is 12.3. The van der Waals surface area contributed by atoms with Gasteiger partial charge in [-0.15, -0.1) is 0 Å². The summed E-state index contributed by atoms with van der Waals surface area (Å²) in [7, 11) is -3.64. The van der Waals surface area contributed by atoms with E-state index in [4.69, 9.17) is 0 Å². The lowest BCUT2D eigenvalue weighted by molar-refractivity contribution is 0.161. The van der Waals surface area contributed by atoms with E-state index in [1.165, 1.54) is 12.1 Å². The van der Waals surface area contributed by atoms with E-state index < -0.39 is 16.1 Å². The number of benzene rings is 3. The Balaban J connectivity index is 1.57. The van der Waals surface area contributed by atoms with Gasteiger partial charge in [0.1, 0.15) is 0 Å². The maximum atomic E-state index is 12.3. The normalized spacial score (nSPS) is 13.2. The van der Waals surface area contributed by atoms with Crippen LogP contribution in [0, 0.1) is 0 Å². The standard InChI is InChI=1S/C21H20N2O3S/c24-16(14-22-27(25,26)17-8-2-1-3-9-17)15-23-20-12-6-4-10-18(20)19-11-5-7-13-21(19)23/h1-13,16,22,24H,14-15H2/t16-/m1/s1. The molecule has 6 heteroatoms. The van der Waals surface area contributed by atoms with E-state index >= 15 is 0 Å². The Hall–Kier alpha value is -2.67. The molecule has 0 radical (unpaired) electrons. The summed E-state index contributed by atoms with van der Waals surface area (Å²) in [5.41, 5.74) is 2.03. The number of aliphatic hydroxyl groups is 1. The Labute approximate surface area is 157 Å². The monoisotopic (exact) mass is 380 g/mol. The summed E-state index contributed by atoms with van der Waals surface area (Å²) in [5.74, 6) is 0. The van der Waals surface area contributed by atoms with Crippen LogP contribution in [0.2, 0.25) is 0 Å². The second-order valence-corrected chi connectivity index (χ2v) is 8.23. The summed E-state index contributed by atoms with van der Waals surface area (Å²) in [5, 5.41) is 12.7. The van der Waals surface area contributed by atoms with Crippen LogP contribution in [0.25, 0.3) is 21.8 Å². The number of rotatable bonds is 6. The second kappa shape index (κ2) is 7.15.